The summed E-state index contributed by atoms with van der Waals surface area (Å²) in [6.45, 7) is 5.42. The summed E-state index contributed by atoms with van der Waals surface area (Å²) in [5, 5.41) is 3.63. The standard InChI is InChI=1S/C17H23NOS/c1-3-10-18-17(12-14-9-11-19-13-14)15-5-7-16(8-6-15)20-4-2/h5-9,11,13,17-18H,3-4,10,12H2,1-2H3. The third-order valence-corrected chi connectivity index (χ3v) is 4.15. The molecule has 0 aliphatic rings. The van der Waals surface area contributed by atoms with Gasteiger partial charge in [0.2, 0.25) is 0 Å². The summed E-state index contributed by atoms with van der Waals surface area (Å²) < 4.78 is 5.18. The number of rotatable bonds is 8. The van der Waals surface area contributed by atoms with Gasteiger partial charge >= 0.3 is 0 Å². The lowest BCUT2D eigenvalue weighted by Crippen LogP contribution is -2.23. The molecule has 1 N–H and O–H groups in total. The van der Waals surface area contributed by atoms with E-state index in [0.29, 0.717) is 6.04 Å². The molecule has 0 radical (unpaired) electrons. The van der Waals surface area contributed by atoms with Crippen molar-refractivity contribution in [3.05, 3.63) is 54.0 Å². The smallest absolute Gasteiger partial charge is 0.0935 e. The van der Waals surface area contributed by atoms with Crippen molar-refractivity contribution in [3.63, 3.8) is 0 Å². The van der Waals surface area contributed by atoms with E-state index in [4.69, 9.17) is 4.42 Å². The van der Waals surface area contributed by atoms with Gasteiger partial charge in [-0.3, -0.25) is 0 Å². The number of furan rings is 1. The fraction of sp³-hybridized carbons (Fsp3) is 0.412. The van der Waals surface area contributed by atoms with Crippen molar-refractivity contribution >= 4 is 11.8 Å². The second kappa shape index (κ2) is 8.18. The van der Waals surface area contributed by atoms with Crippen molar-refractivity contribution < 1.29 is 4.42 Å². The van der Waals surface area contributed by atoms with E-state index in [-0.39, 0.29) is 0 Å². The summed E-state index contributed by atoms with van der Waals surface area (Å²) in [7, 11) is 0. The lowest BCUT2D eigenvalue weighted by molar-refractivity contribution is 0.520. The number of nitrogens with one attached hydrogen (secondary N) is 1. The summed E-state index contributed by atoms with van der Waals surface area (Å²) in [4.78, 5) is 1.34. The largest absolute Gasteiger partial charge is 0.472 e. The van der Waals surface area contributed by atoms with Gasteiger partial charge in [-0.2, -0.15) is 0 Å². The van der Waals surface area contributed by atoms with Crippen LogP contribution >= 0.6 is 11.8 Å². The molecule has 0 saturated carbocycles. The molecule has 108 valence electrons. The Balaban J connectivity index is 2.08. The average Bonchev–Trinajstić information content (AvgIpc) is 2.98. The first kappa shape index (κ1) is 15.2. The highest BCUT2D eigenvalue weighted by Gasteiger charge is 2.12. The zero-order valence-corrected chi connectivity index (χ0v) is 13.1. The Morgan fingerprint density at radius 1 is 1.15 bits per heavy atom. The van der Waals surface area contributed by atoms with E-state index in [1.54, 1.807) is 6.26 Å². The van der Waals surface area contributed by atoms with Crippen LogP contribution in [-0.4, -0.2) is 12.3 Å². The van der Waals surface area contributed by atoms with E-state index < -0.39 is 0 Å². The van der Waals surface area contributed by atoms with Gasteiger partial charge in [0.05, 0.1) is 12.5 Å². The molecule has 1 unspecified atom stereocenters. The molecule has 1 aromatic carbocycles. The van der Waals surface area contributed by atoms with Crippen LogP contribution in [0.15, 0.2) is 52.2 Å². The summed E-state index contributed by atoms with van der Waals surface area (Å²) in [5.41, 5.74) is 2.59. The SMILES string of the molecule is CCCNC(Cc1ccoc1)c1ccc(SCC)cc1. The van der Waals surface area contributed by atoms with Crippen LogP contribution in [0.5, 0.6) is 0 Å². The topological polar surface area (TPSA) is 25.2 Å². The molecule has 3 heteroatoms. The van der Waals surface area contributed by atoms with Crippen molar-refractivity contribution in [2.45, 2.75) is 37.6 Å². The van der Waals surface area contributed by atoms with Crippen LogP contribution in [0.1, 0.15) is 37.4 Å². The highest BCUT2D eigenvalue weighted by molar-refractivity contribution is 7.99. The lowest BCUT2D eigenvalue weighted by atomic mass is 10.0. The summed E-state index contributed by atoms with van der Waals surface area (Å²) >= 11 is 1.88. The van der Waals surface area contributed by atoms with E-state index in [1.165, 1.54) is 16.0 Å². The van der Waals surface area contributed by atoms with Gasteiger partial charge in [-0.15, -0.1) is 11.8 Å². The molecule has 20 heavy (non-hydrogen) atoms. The highest BCUT2D eigenvalue weighted by Crippen LogP contribution is 2.23. The Bertz CT molecular complexity index is 478. The Labute approximate surface area is 126 Å². The average molecular weight is 289 g/mol. The fourth-order valence-corrected chi connectivity index (χ4v) is 2.90. The summed E-state index contributed by atoms with van der Waals surface area (Å²) in [6, 6.07) is 11.3. The van der Waals surface area contributed by atoms with Crippen LogP contribution in [-0.2, 0) is 6.42 Å². The van der Waals surface area contributed by atoms with Gasteiger partial charge in [-0.1, -0.05) is 26.0 Å². The van der Waals surface area contributed by atoms with Crippen LogP contribution in [0, 0.1) is 0 Å². The summed E-state index contributed by atoms with van der Waals surface area (Å²) in [5.74, 6) is 1.12. The first-order chi connectivity index (χ1) is 9.83. The minimum absolute atomic E-state index is 0.355. The maximum Gasteiger partial charge on any atom is 0.0935 e. The van der Waals surface area contributed by atoms with Crippen molar-refractivity contribution in [2.75, 3.05) is 12.3 Å². The van der Waals surface area contributed by atoms with Crippen LogP contribution in [0.2, 0.25) is 0 Å². The lowest BCUT2D eigenvalue weighted by Gasteiger charge is -2.18. The Hall–Kier alpha value is -1.19. The second-order valence-corrected chi connectivity index (χ2v) is 6.18. The predicted molar refractivity (Wildman–Crippen MR) is 86.3 cm³/mol. The van der Waals surface area contributed by atoms with E-state index in [1.807, 2.05) is 24.1 Å². The van der Waals surface area contributed by atoms with Gasteiger partial charge in [0, 0.05) is 10.9 Å². The molecule has 1 heterocycles. The molecule has 1 atom stereocenters. The third-order valence-electron chi connectivity index (χ3n) is 3.25. The van der Waals surface area contributed by atoms with Crippen molar-refractivity contribution in [3.8, 4) is 0 Å². The quantitative estimate of drug-likeness (QED) is 0.715. The minimum Gasteiger partial charge on any atom is -0.472 e. The molecule has 0 spiro atoms. The minimum atomic E-state index is 0.355. The molecule has 2 aromatic rings. The summed E-state index contributed by atoms with van der Waals surface area (Å²) in [6.07, 6.45) is 5.69. The second-order valence-electron chi connectivity index (χ2n) is 4.84. The normalized spacial score (nSPS) is 12.5. The van der Waals surface area contributed by atoms with Crippen molar-refractivity contribution in [1.82, 2.24) is 5.32 Å². The predicted octanol–water partition coefficient (Wildman–Crippen LogP) is 4.68. The Morgan fingerprint density at radius 3 is 2.55 bits per heavy atom. The van der Waals surface area contributed by atoms with E-state index in [2.05, 4.69) is 43.4 Å². The van der Waals surface area contributed by atoms with Gasteiger partial charge in [0.25, 0.3) is 0 Å². The Kier molecular flexibility index (Phi) is 6.22. The van der Waals surface area contributed by atoms with Gasteiger partial charge in [0.15, 0.2) is 0 Å². The molecule has 0 saturated heterocycles. The molecule has 2 nitrogen and oxygen atoms in total. The highest BCUT2D eigenvalue weighted by atomic mass is 32.2. The van der Waals surface area contributed by atoms with Crippen LogP contribution in [0.4, 0.5) is 0 Å². The molecule has 0 aliphatic carbocycles. The van der Waals surface area contributed by atoms with Gasteiger partial charge < -0.3 is 9.73 Å². The van der Waals surface area contributed by atoms with Crippen LogP contribution in [0.3, 0.4) is 0 Å². The molecule has 0 fully saturated rings. The van der Waals surface area contributed by atoms with Gasteiger partial charge in [0.1, 0.15) is 0 Å². The molecular formula is C17H23NOS. The zero-order valence-electron chi connectivity index (χ0n) is 12.3. The van der Waals surface area contributed by atoms with E-state index >= 15 is 0 Å². The first-order valence-electron chi connectivity index (χ1n) is 7.30. The zero-order chi connectivity index (χ0) is 14.2. The van der Waals surface area contributed by atoms with Crippen LogP contribution < -0.4 is 5.32 Å². The van der Waals surface area contributed by atoms with E-state index in [0.717, 1.165) is 25.1 Å². The molecule has 2 rings (SSSR count). The Morgan fingerprint density at radius 2 is 1.95 bits per heavy atom. The molecule has 0 aliphatic heterocycles. The number of hydrogen-bond acceptors (Lipinski definition) is 3. The van der Waals surface area contributed by atoms with Gasteiger partial charge in [-0.25, -0.2) is 0 Å². The molecule has 0 bridgehead atoms. The first-order valence-corrected chi connectivity index (χ1v) is 8.29. The van der Waals surface area contributed by atoms with E-state index in [9.17, 15) is 0 Å². The monoisotopic (exact) mass is 289 g/mol. The third kappa shape index (κ3) is 4.43. The van der Waals surface area contributed by atoms with Crippen molar-refractivity contribution in [1.29, 1.82) is 0 Å². The van der Waals surface area contributed by atoms with Crippen molar-refractivity contribution in [2.24, 2.45) is 0 Å². The number of hydrogen-bond donors (Lipinski definition) is 1. The van der Waals surface area contributed by atoms with Crippen LogP contribution in [0.25, 0.3) is 0 Å². The maximum atomic E-state index is 5.18. The number of thioether (sulfide) groups is 1. The molecule has 1 aromatic heterocycles. The molecule has 0 amide bonds. The molecular weight excluding hydrogens is 266 g/mol. The fourth-order valence-electron chi connectivity index (χ4n) is 2.23. The number of benzene rings is 1. The van der Waals surface area contributed by atoms with Gasteiger partial charge in [-0.05, 0) is 54.5 Å². The maximum absolute atomic E-state index is 5.18.